The number of para-hydroxylation sites is 1. The molecule has 0 unspecified atom stereocenters. The van der Waals surface area contributed by atoms with Crippen LogP contribution in [0.4, 0.5) is 5.69 Å². The third-order valence-electron chi connectivity index (χ3n) is 3.16. The molecule has 0 radical (unpaired) electrons. The number of benzene rings is 1. The van der Waals surface area contributed by atoms with Gasteiger partial charge in [-0.3, -0.25) is 18.8 Å². The van der Waals surface area contributed by atoms with E-state index in [0.29, 0.717) is 11.4 Å². The van der Waals surface area contributed by atoms with Crippen LogP contribution in [0.25, 0.3) is 5.69 Å². The zero-order chi connectivity index (χ0) is 17.2. The minimum atomic E-state index is -4.31. The number of aromatic nitrogens is 2. The fraction of sp³-hybridized carbons (Fsp3) is 0.231. The average molecular weight is 380 g/mol. The van der Waals surface area contributed by atoms with Crippen LogP contribution >= 0.6 is 10.8 Å². The van der Waals surface area contributed by atoms with Crippen LogP contribution in [0, 0.1) is 6.92 Å². The van der Waals surface area contributed by atoms with Gasteiger partial charge >= 0.3 is 38.7 Å². The molecule has 2 N–H and O–H groups in total. The molecule has 0 bridgehead atoms. The molecule has 1 aromatic heterocycles. The summed E-state index contributed by atoms with van der Waals surface area (Å²) < 4.78 is 32.9. The Morgan fingerprint density at radius 3 is 2.42 bits per heavy atom. The normalized spacial score (nSPS) is 11.0. The maximum atomic E-state index is 12.5. The molecule has 0 fully saturated rings. The first-order valence-electron chi connectivity index (χ1n) is 6.46. The van der Waals surface area contributed by atoms with Gasteiger partial charge in [0.25, 0.3) is 5.56 Å². The van der Waals surface area contributed by atoms with E-state index < -0.39 is 26.4 Å². The molecule has 0 aliphatic rings. The molecule has 8 nitrogen and oxygen atoms in total. The summed E-state index contributed by atoms with van der Waals surface area (Å²) in [7, 11) is -2.56. The minimum Gasteiger partial charge on any atom is -0.319 e. The predicted octanol–water partition coefficient (Wildman–Crippen LogP) is -2.04. The van der Waals surface area contributed by atoms with Crippen LogP contribution in [0.2, 0.25) is 0 Å². The number of anilines is 1. The van der Waals surface area contributed by atoms with Crippen LogP contribution < -0.4 is 40.4 Å². The van der Waals surface area contributed by atoms with Crippen molar-refractivity contribution >= 4 is 31.5 Å². The van der Waals surface area contributed by atoms with E-state index in [-0.39, 0.29) is 46.0 Å². The predicted molar refractivity (Wildman–Crippen MR) is 88.4 cm³/mol. The van der Waals surface area contributed by atoms with E-state index in [1.54, 1.807) is 42.9 Å². The number of carbonyl (C=O) groups is 1. The van der Waals surface area contributed by atoms with Gasteiger partial charge in [0, 0.05) is 17.8 Å². The van der Waals surface area contributed by atoms with Crippen LogP contribution in [0.3, 0.4) is 0 Å². The summed E-state index contributed by atoms with van der Waals surface area (Å²) in [6.07, 6.45) is 0. The largest absolute Gasteiger partial charge is 1.00 e. The summed E-state index contributed by atoms with van der Waals surface area (Å²) in [5.41, 5.74) is 0.790. The van der Waals surface area contributed by atoms with E-state index >= 15 is 0 Å². The second-order valence-corrected chi connectivity index (χ2v) is 8.03. The molecule has 1 aromatic carbocycles. The van der Waals surface area contributed by atoms with Gasteiger partial charge in [-0.1, -0.05) is 18.2 Å². The van der Waals surface area contributed by atoms with Gasteiger partial charge in [-0.05, 0) is 19.1 Å². The van der Waals surface area contributed by atoms with Gasteiger partial charge < -0.3 is 5.32 Å². The van der Waals surface area contributed by atoms with Crippen molar-refractivity contribution in [3.8, 4) is 5.69 Å². The number of hydrogen-bond donors (Lipinski definition) is 2. The molecule has 0 atom stereocenters. The molecule has 11 heteroatoms. The smallest absolute Gasteiger partial charge is 0.319 e. The molecule has 1 amide bonds. The van der Waals surface area contributed by atoms with Crippen LogP contribution in [-0.2, 0) is 21.0 Å². The summed E-state index contributed by atoms with van der Waals surface area (Å²) in [4.78, 5) is 24.3. The van der Waals surface area contributed by atoms with E-state index in [9.17, 15) is 18.0 Å². The van der Waals surface area contributed by atoms with Crippen molar-refractivity contribution in [2.45, 2.75) is 6.92 Å². The Kier molecular flexibility index (Phi) is 7.32. The van der Waals surface area contributed by atoms with Crippen molar-refractivity contribution in [2.24, 2.45) is 7.05 Å². The Hall–Kier alpha value is -1.04. The maximum absolute atomic E-state index is 12.5. The second kappa shape index (κ2) is 8.37. The van der Waals surface area contributed by atoms with E-state index in [2.05, 4.69) is 5.32 Å². The average Bonchev–Trinajstić information content (AvgIpc) is 2.69. The maximum Gasteiger partial charge on any atom is 1.00 e. The Bertz CT molecular complexity index is 890. The minimum absolute atomic E-state index is 0. The summed E-state index contributed by atoms with van der Waals surface area (Å²) in [6, 6.07) is 8.89. The summed E-state index contributed by atoms with van der Waals surface area (Å²) >= 11 is 0. The van der Waals surface area contributed by atoms with Crippen molar-refractivity contribution in [3.63, 3.8) is 0 Å². The first-order valence-corrected chi connectivity index (χ1v) is 9.40. The van der Waals surface area contributed by atoms with Gasteiger partial charge in [0.1, 0.15) is 5.69 Å². The van der Waals surface area contributed by atoms with Gasteiger partial charge in [0.05, 0.1) is 17.1 Å². The molecule has 1 heterocycles. The molecule has 0 saturated heterocycles. The van der Waals surface area contributed by atoms with Gasteiger partial charge in [-0.25, -0.2) is 4.68 Å². The van der Waals surface area contributed by atoms with Gasteiger partial charge in [0.2, 0.25) is 5.91 Å². The number of carbonyl (C=O) groups excluding carboxylic acids is 1. The first kappa shape index (κ1) is 21.0. The number of amides is 1. The molecule has 0 saturated carbocycles. The standard InChI is InChI=1S/C13H15N3O5S2.Na/c1-9-12(14-11(17)8-22-23(19,20)21)13(18)16(15(9)2)10-6-4-3-5-7-10;/h3-7H,8H2,1-2H3,(H,14,17)(H,19,20,21);/q;+1. The monoisotopic (exact) mass is 380 g/mol. The van der Waals surface area contributed by atoms with Crippen molar-refractivity contribution in [1.29, 1.82) is 0 Å². The molecule has 0 aliphatic carbocycles. The molecule has 124 valence electrons. The topological polar surface area (TPSA) is 110 Å². The molecule has 2 aromatic rings. The first-order chi connectivity index (χ1) is 10.7. The van der Waals surface area contributed by atoms with E-state index in [1.807, 2.05) is 6.07 Å². The Labute approximate surface area is 164 Å². The SMILES string of the molecule is Cc1c(NC(=O)CSS(=O)(=O)O)c(=O)n(-c2ccccc2)n1C.[Na+]. The summed E-state index contributed by atoms with van der Waals surface area (Å²) in [6.45, 7) is 1.66. The van der Waals surface area contributed by atoms with Crippen molar-refractivity contribution in [2.75, 3.05) is 11.1 Å². The zero-order valence-corrected chi connectivity index (χ0v) is 17.0. The fourth-order valence-electron chi connectivity index (χ4n) is 2.02. The van der Waals surface area contributed by atoms with Crippen LogP contribution in [0.15, 0.2) is 35.1 Å². The van der Waals surface area contributed by atoms with Crippen molar-refractivity contribution < 1.29 is 47.3 Å². The molecule has 2 rings (SSSR count). The Morgan fingerprint density at radius 1 is 1.29 bits per heavy atom. The number of nitrogens with zero attached hydrogens (tertiary/aromatic N) is 2. The molecule has 0 aliphatic heterocycles. The van der Waals surface area contributed by atoms with Crippen molar-refractivity contribution in [3.05, 3.63) is 46.4 Å². The van der Waals surface area contributed by atoms with Gasteiger partial charge in [-0.15, -0.1) is 0 Å². The van der Waals surface area contributed by atoms with Crippen LogP contribution in [-0.4, -0.2) is 34.0 Å². The van der Waals surface area contributed by atoms with Gasteiger partial charge in [0.15, 0.2) is 0 Å². The van der Waals surface area contributed by atoms with E-state index in [0.717, 1.165) is 0 Å². The summed E-state index contributed by atoms with van der Waals surface area (Å²) in [5.74, 6) is -1.21. The quantitative estimate of drug-likeness (QED) is 0.351. The number of rotatable bonds is 5. The zero-order valence-electron chi connectivity index (χ0n) is 13.4. The van der Waals surface area contributed by atoms with Crippen LogP contribution in [0.1, 0.15) is 5.69 Å². The number of hydrogen-bond acceptors (Lipinski definition) is 5. The Morgan fingerprint density at radius 2 is 1.88 bits per heavy atom. The molecular formula is C13H15N3NaO5S2+. The van der Waals surface area contributed by atoms with Crippen molar-refractivity contribution in [1.82, 2.24) is 9.36 Å². The van der Waals surface area contributed by atoms with E-state index in [1.165, 1.54) is 4.68 Å². The summed E-state index contributed by atoms with van der Waals surface area (Å²) in [5, 5.41) is 2.39. The third-order valence-corrected chi connectivity index (χ3v) is 5.08. The number of nitrogens with one attached hydrogen (secondary N) is 1. The van der Waals surface area contributed by atoms with E-state index in [4.69, 9.17) is 4.55 Å². The fourth-order valence-corrected chi connectivity index (χ4v) is 3.11. The Balaban J connectivity index is 0.00000288. The molecular weight excluding hydrogens is 365 g/mol. The molecule has 0 spiro atoms. The molecule has 24 heavy (non-hydrogen) atoms. The second-order valence-electron chi connectivity index (χ2n) is 4.67. The van der Waals surface area contributed by atoms with Gasteiger partial charge in [-0.2, -0.15) is 8.42 Å². The third kappa shape index (κ3) is 4.98. The van der Waals surface area contributed by atoms with Crippen LogP contribution in [0.5, 0.6) is 0 Å².